The highest BCUT2D eigenvalue weighted by Crippen LogP contribution is 2.34. The monoisotopic (exact) mass is 323 g/mol. The summed E-state index contributed by atoms with van der Waals surface area (Å²) in [4.78, 5) is 0. The molecule has 0 aliphatic carbocycles. The number of hydrogen-bond donors (Lipinski definition) is 1. The molecule has 0 saturated carbocycles. The first kappa shape index (κ1) is 12.3. The highest BCUT2D eigenvalue weighted by Gasteiger charge is 2.13. The lowest BCUT2D eigenvalue weighted by Gasteiger charge is -2.08. The molecule has 2 aromatic carbocycles. The van der Waals surface area contributed by atoms with Crippen molar-refractivity contribution in [2.75, 3.05) is 12.1 Å². The van der Waals surface area contributed by atoms with Gasteiger partial charge in [0.1, 0.15) is 5.82 Å². The molecule has 0 spiro atoms. The van der Waals surface area contributed by atoms with E-state index in [0.717, 1.165) is 15.9 Å². The van der Waals surface area contributed by atoms with E-state index in [4.69, 9.17) is 9.47 Å². The van der Waals surface area contributed by atoms with Crippen LogP contribution in [0.3, 0.4) is 0 Å². The number of hydrogen-bond acceptors (Lipinski definition) is 3. The Morgan fingerprint density at radius 1 is 1.11 bits per heavy atom. The van der Waals surface area contributed by atoms with Crippen molar-refractivity contribution in [2.24, 2.45) is 0 Å². The van der Waals surface area contributed by atoms with E-state index < -0.39 is 0 Å². The number of halogens is 2. The van der Waals surface area contributed by atoms with E-state index in [1.807, 2.05) is 24.3 Å². The lowest BCUT2D eigenvalue weighted by molar-refractivity contribution is 0.174. The zero-order valence-electron chi connectivity index (χ0n) is 9.95. The first-order chi connectivity index (χ1) is 9.22. The van der Waals surface area contributed by atoms with E-state index in [1.165, 1.54) is 6.07 Å². The molecule has 0 fully saturated rings. The Bertz CT molecular complexity index is 618. The Kier molecular flexibility index (Phi) is 3.29. The van der Waals surface area contributed by atoms with Crippen LogP contribution in [0, 0.1) is 5.82 Å². The van der Waals surface area contributed by atoms with Crippen LogP contribution in [0.5, 0.6) is 11.5 Å². The molecule has 1 N–H and O–H groups in total. The fourth-order valence-electron chi connectivity index (χ4n) is 1.87. The summed E-state index contributed by atoms with van der Waals surface area (Å²) in [5, 5.41) is 3.16. The molecule has 0 radical (unpaired) electrons. The molecule has 0 amide bonds. The molecule has 3 nitrogen and oxygen atoms in total. The second kappa shape index (κ2) is 5.09. The first-order valence-corrected chi connectivity index (χ1v) is 6.59. The molecule has 98 valence electrons. The van der Waals surface area contributed by atoms with Crippen LogP contribution >= 0.6 is 15.9 Å². The summed E-state index contributed by atoms with van der Waals surface area (Å²) in [5.41, 5.74) is 1.48. The van der Waals surface area contributed by atoms with Gasteiger partial charge in [-0.2, -0.15) is 0 Å². The van der Waals surface area contributed by atoms with Gasteiger partial charge < -0.3 is 14.8 Å². The lowest BCUT2D eigenvalue weighted by atomic mass is 10.2. The maximum atomic E-state index is 13.7. The fourth-order valence-corrected chi connectivity index (χ4v) is 2.20. The predicted molar refractivity (Wildman–Crippen MR) is 74.0 cm³/mol. The molecule has 0 aromatic heterocycles. The van der Waals surface area contributed by atoms with Gasteiger partial charge in [0.15, 0.2) is 11.5 Å². The minimum Gasteiger partial charge on any atom is -0.454 e. The van der Waals surface area contributed by atoms with Gasteiger partial charge in [0.25, 0.3) is 0 Å². The minimum atomic E-state index is -0.234. The predicted octanol–water partition coefficient (Wildman–Crippen LogP) is 3.93. The molecule has 1 aliphatic rings. The Hall–Kier alpha value is -1.75. The van der Waals surface area contributed by atoms with Crippen LogP contribution in [0.25, 0.3) is 0 Å². The van der Waals surface area contributed by atoms with Gasteiger partial charge >= 0.3 is 0 Å². The molecule has 2 aromatic rings. The smallest absolute Gasteiger partial charge is 0.231 e. The van der Waals surface area contributed by atoms with Crippen molar-refractivity contribution in [1.29, 1.82) is 0 Å². The Balaban J connectivity index is 1.72. The molecule has 3 rings (SSSR count). The van der Waals surface area contributed by atoms with E-state index in [-0.39, 0.29) is 12.6 Å². The molecule has 5 heteroatoms. The van der Waals surface area contributed by atoms with Crippen molar-refractivity contribution in [3.05, 3.63) is 52.3 Å². The number of nitrogens with one attached hydrogen (secondary N) is 1. The third-order valence-electron chi connectivity index (χ3n) is 2.87. The Labute approximate surface area is 118 Å². The van der Waals surface area contributed by atoms with Crippen molar-refractivity contribution >= 4 is 21.6 Å². The van der Waals surface area contributed by atoms with Gasteiger partial charge in [-0.3, -0.25) is 0 Å². The van der Waals surface area contributed by atoms with E-state index in [2.05, 4.69) is 21.2 Å². The summed E-state index contributed by atoms with van der Waals surface area (Å²) in [6.45, 7) is 0.666. The minimum absolute atomic E-state index is 0.234. The maximum absolute atomic E-state index is 13.7. The second-order valence-corrected chi connectivity index (χ2v) is 5.07. The Morgan fingerprint density at radius 3 is 2.79 bits per heavy atom. The van der Waals surface area contributed by atoms with Crippen LogP contribution < -0.4 is 14.8 Å². The number of benzene rings is 2. The van der Waals surface area contributed by atoms with Gasteiger partial charge in [0, 0.05) is 28.3 Å². The zero-order valence-corrected chi connectivity index (χ0v) is 11.5. The average molecular weight is 324 g/mol. The van der Waals surface area contributed by atoms with E-state index >= 15 is 0 Å². The van der Waals surface area contributed by atoms with E-state index in [9.17, 15) is 4.39 Å². The zero-order chi connectivity index (χ0) is 13.2. The van der Waals surface area contributed by atoms with Crippen LogP contribution in [-0.2, 0) is 6.54 Å². The normalized spacial score (nSPS) is 12.5. The van der Waals surface area contributed by atoms with Gasteiger partial charge in [-0.15, -0.1) is 0 Å². The molecule has 0 saturated heterocycles. The quantitative estimate of drug-likeness (QED) is 0.928. The van der Waals surface area contributed by atoms with E-state index in [0.29, 0.717) is 17.9 Å². The highest BCUT2D eigenvalue weighted by molar-refractivity contribution is 9.10. The van der Waals surface area contributed by atoms with Crippen LogP contribution in [0.4, 0.5) is 10.1 Å². The lowest BCUT2D eigenvalue weighted by Crippen LogP contribution is -2.01. The molecular weight excluding hydrogens is 313 g/mol. The molecule has 1 aliphatic heterocycles. The van der Waals surface area contributed by atoms with Gasteiger partial charge in [-0.1, -0.05) is 22.0 Å². The molecule has 1 heterocycles. The highest BCUT2D eigenvalue weighted by atomic mass is 79.9. The third kappa shape index (κ3) is 2.66. The topological polar surface area (TPSA) is 30.5 Å². The largest absolute Gasteiger partial charge is 0.454 e. The molecule has 0 unspecified atom stereocenters. The number of anilines is 1. The van der Waals surface area contributed by atoms with Gasteiger partial charge in [-0.25, -0.2) is 4.39 Å². The Morgan fingerprint density at radius 2 is 1.95 bits per heavy atom. The van der Waals surface area contributed by atoms with Crippen LogP contribution in [-0.4, -0.2) is 6.79 Å². The SMILES string of the molecule is Fc1cc(Br)ccc1CNc1ccc2c(c1)OCO2. The number of rotatable bonds is 3. The van der Waals surface area contributed by atoms with Gasteiger partial charge in [0.2, 0.25) is 6.79 Å². The van der Waals surface area contributed by atoms with Gasteiger partial charge in [-0.05, 0) is 24.3 Å². The van der Waals surface area contributed by atoms with Crippen molar-refractivity contribution in [2.45, 2.75) is 6.54 Å². The summed E-state index contributed by atoms with van der Waals surface area (Å²) in [6, 6.07) is 10.6. The number of ether oxygens (including phenoxy) is 2. The van der Waals surface area contributed by atoms with Crippen molar-refractivity contribution in [3.63, 3.8) is 0 Å². The standard InChI is InChI=1S/C14H11BrFNO2/c15-10-2-1-9(12(16)5-10)7-17-11-3-4-13-14(6-11)19-8-18-13/h1-6,17H,7-8H2. The summed E-state index contributed by atoms with van der Waals surface area (Å²) >= 11 is 3.24. The van der Waals surface area contributed by atoms with Crippen molar-refractivity contribution in [3.8, 4) is 11.5 Å². The van der Waals surface area contributed by atoms with Gasteiger partial charge in [0.05, 0.1) is 0 Å². The summed E-state index contributed by atoms with van der Waals surface area (Å²) < 4.78 is 24.9. The van der Waals surface area contributed by atoms with Crippen molar-refractivity contribution in [1.82, 2.24) is 0 Å². The molecular formula is C14H11BrFNO2. The summed E-state index contributed by atoms with van der Waals surface area (Å²) in [6.07, 6.45) is 0. The van der Waals surface area contributed by atoms with E-state index in [1.54, 1.807) is 6.07 Å². The van der Waals surface area contributed by atoms with Crippen molar-refractivity contribution < 1.29 is 13.9 Å². The van der Waals surface area contributed by atoms with Crippen LogP contribution in [0.2, 0.25) is 0 Å². The summed E-state index contributed by atoms with van der Waals surface area (Å²) in [7, 11) is 0. The van der Waals surface area contributed by atoms with Crippen LogP contribution in [0.1, 0.15) is 5.56 Å². The molecule has 0 atom stereocenters. The first-order valence-electron chi connectivity index (χ1n) is 5.80. The average Bonchev–Trinajstić information content (AvgIpc) is 2.85. The number of fused-ring (bicyclic) bond motifs is 1. The molecule has 0 bridgehead atoms. The fraction of sp³-hybridized carbons (Fsp3) is 0.143. The second-order valence-electron chi connectivity index (χ2n) is 4.16. The molecule has 19 heavy (non-hydrogen) atoms. The third-order valence-corrected chi connectivity index (χ3v) is 3.36. The maximum Gasteiger partial charge on any atom is 0.231 e. The van der Waals surface area contributed by atoms with Crippen LogP contribution in [0.15, 0.2) is 40.9 Å². The summed E-state index contributed by atoms with van der Waals surface area (Å²) in [5.74, 6) is 1.21.